The number of nitrogens with zero attached hydrogens (tertiary/aromatic N) is 2. The van der Waals surface area contributed by atoms with Crippen LogP contribution in [0.4, 0.5) is 4.39 Å². The minimum atomic E-state index is -0.327. The minimum Gasteiger partial charge on any atom is -0.489 e. The Morgan fingerprint density at radius 3 is 2.77 bits per heavy atom. The molecule has 0 aromatic heterocycles. The largest absolute Gasteiger partial charge is 0.489 e. The summed E-state index contributed by atoms with van der Waals surface area (Å²) in [6.45, 7) is 2.02. The number of hydrogen-bond acceptors (Lipinski definition) is 2. The minimum absolute atomic E-state index is 0. The Morgan fingerprint density at radius 1 is 1.41 bits per heavy atom. The Labute approximate surface area is 149 Å². The van der Waals surface area contributed by atoms with E-state index in [4.69, 9.17) is 4.74 Å². The summed E-state index contributed by atoms with van der Waals surface area (Å²) in [5, 5.41) is 3.35. The molecule has 0 saturated heterocycles. The van der Waals surface area contributed by atoms with Crippen LogP contribution in [0.2, 0.25) is 0 Å². The fourth-order valence-electron chi connectivity index (χ4n) is 2.14. The van der Waals surface area contributed by atoms with E-state index in [2.05, 4.69) is 10.3 Å². The fraction of sp³-hybridized carbons (Fsp3) is 0.562. The van der Waals surface area contributed by atoms with Crippen molar-refractivity contribution < 1.29 is 9.13 Å². The van der Waals surface area contributed by atoms with Crippen molar-refractivity contribution in [3.63, 3.8) is 0 Å². The Morgan fingerprint density at radius 2 is 2.14 bits per heavy atom. The van der Waals surface area contributed by atoms with Gasteiger partial charge in [0, 0.05) is 20.6 Å². The van der Waals surface area contributed by atoms with Crippen LogP contribution in [0.3, 0.4) is 0 Å². The van der Waals surface area contributed by atoms with Gasteiger partial charge in [-0.2, -0.15) is 0 Å². The van der Waals surface area contributed by atoms with Gasteiger partial charge < -0.3 is 15.0 Å². The number of rotatable bonds is 7. The molecular weight excluding hydrogens is 396 g/mol. The third kappa shape index (κ3) is 6.37. The first-order valence-corrected chi connectivity index (χ1v) is 7.50. The smallest absolute Gasteiger partial charge is 0.193 e. The predicted octanol–water partition coefficient (Wildman–Crippen LogP) is 3.13. The van der Waals surface area contributed by atoms with Gasteiger partial charge in [0.25, 0.3) is 0 Å². The molecule has 1 aromatic carbocycles. The van der Waals surface area contributed by atoms with E-state index in [0.717, 1.165) is 18.4 Å². The number of nitrogens with one attached hydrogen (secondary N) is 1. The van der Waals surface area contributed by atoms with E-state index in [-0.39, 0.29) is 29.8 Å². The van der Waals surface area contributed by atoms with Crippen LogP contribution in [0, 0.1) is 11.7 Å². The van der Waals surface area contributed by atoms with Crippen LogP contribution < -0.4 is 10.1 Å². The normalized spacial score (nSPS) is 14.2. The Bertz CT molecular complexity index is 480. The average Bonchev–Trinajstić information content (AvgIpc) is 3.30. The maximum Gasteiger partial charge on any atom is 0.193 e. The number of benzene rings is 1. The van der Waals surface area contributed by atoms with Crippen molar-refractivity contribution >= 4 is 29.9 Å². The zero-order valence-corrected chi connectivity index (χ0v) is 15.5. The van der Waals surface area contributed by atoms with Crippen LogP contribution in [-0.4, -0.2) is 44.7 Å². The summed E-state index contributed by atoms with van der Waals surface area (Å²) >= 11 is 0. The van der Waals surface area contributed by atoms with Gasteiger partial charge in [-0.15, -0.1) is 24.0 Å². The van der Waals surface area contributed by atoms with Crippen LogP contribution in [0.1, 0.15) is 19.3 Å². The second-order valence-corrected chi connectivity index (χ2v) is 5.41. The van der Waals surface area contributed by atoms with Gasteiger partial charge in [0.1, 0.15) is 6.61 Å². The molecule has 1 aromatic rings. The van der Waals surface area contributed by atoms with Crippen molar-refractivity contribution in [2.45, 2.75) is 19.3 Å². The first-order chi connectivity index (χ1) is 10.2. The molecule has 22 heavy (non-hydrogen) atoms. The number of para-hydroxylation sites is 1. The zero-order chi connectivity index (χ0) is 15.1. The van der Waals surface area contributed by atoms with Crippen LogP contribution >= 0.6 is 24.0 Å². The molecule has 1 aliphatic carbocycles. The Hall–Kier alpha value is -1.05. The molecule has 0 unspecified atom stereocenters. The summed E-state index contributed by atoms with van der Waals surface area (Å²) in [4.78, 5) is 6.24. The lowest BCUT2D eigenvalue weighted by Crippen LogP contribution is -2.41. The molecule has 0 heterocycles. The van der Waals surface area contributed by atoms with E-state index in [0.29, 0.717) is 18.9 Å². The molecular formula is C16H25FIN3O. The molecule has 1 aliphatic rings. The lowest BCUT2D eigenvalue weighted by Gasteiger charge is -2.22. The number of hydrogen-bond donors (Lipinski definition) is 1. The molecule has 0 bridgehead atoms. The van der Waals surface area contributed by atoms with Crippen molar-refractivity contribution in [2.75, 3.05) is 33.8 Å². The van der Waals surface area contributed by atoms with E-state index in [1.807, 2.05) is 11.9 Å². The van der Waals surface area contributed by atoms with Gasteiger partial charge in [0.05, 0.1) is 6.54 Å². The van der Waals surface area contributed by atoms with Crippen LogP contribution in [-0.2, 0) is 0 Å². The fourth-order valence-corrected chi connectivity index (χ4v) is 2.14. The zero-order valence-electron chi connectivity index (χ0n) is 13.2. The van der Waals surface area contributed by atoms with Crippen molar-refractivity contribution in [1.82, 2.24) is 10.2 Å². The maximum absolute atomic E-state index is 13.4. The van der Waals surface area contributed by atoms with E-state index >= 15 is 0 Å². The molecule has 0 aliphatic heterocycles. The molecule has 1 N–H and O–H groups in total. The first-order valence-electron chi connectivity index (χ1n) is 7.50. The molecule has 0 atom stereocenters. The Balaban J connectivity index is 0.00000242. The van der Waals surface area contributed by atoms with Gasteiger partial charge in [-0.3, -0.25) is 4.99 Å². The van der Waals surface area contributed by atoms with Gasteiger partial charge in [-0.25, -0.2) is 4.39 Å². The lowest BCUT2D eigenvalue weighted by molar-refractivity contribution is 0.270. The summed E-state index contributed by atoms with van der Waals surface area (Å²) in [5.41, 5.74) is 0. The highest BCUT2D eigenvalue weighted by atomic mass is 127. The first kappa shape index (κ1) is 19.0. The van der Waals surface area contributed by atoms with Crippen molar-refractivity contribution in [2.24, 2.45) is 10.9 Å². The molecule has 1 saturated carbocycles. The van der Waals surface area contributed by atoms with Gasteiger partial charge in [0.15, 0.2) is 17.5 Å². The molecule has 1 fully saturated rings. The highest BCUT2D eigenvalue weighted by Gasteiger charge is 2.20. The van der Waals surface area contributed by atoms with E-state index in [9.17, 15) is 4.39 Å². The topological polar surface area (TPSA) is 36.9 Å². The number of guanidine groups is 1. The van der Waals surface area contributed by atoms with E-state index in [1.165, 1.54) is 25.3 Å². The lowest BCUT2D eigenvalue weighted by atomic mass is 10.3. The third-order valence-electron chi connectivity index (χ3n) is 3.63. The number of halogens is 2. The quantitative estimate of drug-likeness (QED) is 0.418. The molecule has 124 valence electrons. The van der Waals surface area contributed by atoms with Gasteiger partial charge >= 0.3 is 0 Å². The van der Waals surface area contributed by atoms with E-state index < -0.39 is 0 Å². The van der Waals surface area contributed by atoms with Crippen molar-refractivity contribution in [1.29, 1.82) is 0 Å². The SMILES string of the molecule is CN=C(NCCC1CC1)N(C)CCOc1ccccc1F.I. The molecule has 0 spiro atoms. The molecule has 0 amide bonds. The molecule has 2 rings (SSSR count). The molecule has 0 radical (unpaired) electrons. The summed E-state index contributed by atoms with van der Waals surface area (Å²) in [7, 11) is 3.73. The Kier molecular flexibility index (Phi) is 8.52. The van der Waals surface area contributed by atoms with Crippen LogP contribution in [0.5, 0.6) is 5.75 Å². The summed E-state index contributed by atoms with van der Waals surface area (Å²) in [5.74, 6) is 1.73. The van der Waals surface area contributed by atoms with Crippen molar-refractivity contribution in [3.05, 3.63) is 30.1 Å². The second-order valence-electron chi connectivity index (χ2n) is 5.41. The predicted molar refractivity (Wildman–Crippen MR) is 98.6 cm³/mol. The number of aliphatic imine (C=N–C) groups is 1. The third-order valence-corrected chi connectivity index (χ3v) is 3.63. The maximum atomic E-state index is 13.4. The highest BCUT2D eigenvalue weighted by molar-refractivity contribution is 14.0. The standard InChI is InChI=1S/C16H24FN3O.HI/c1-18-16(19-10-9-13-7-8-13)20(2)11-12-21-15-6-4-3-5-14(15)17;/h3-6,13H,7-12H2,1-2H3,(H,18,19);1H. The van der Waals surface area contributed by atoms with E-state index in [1.54, 1.807) is 25.2 Å². The van der Waals surface area contributed by atoms with Crippen LogP contribution in [0.25, 0.3) is 0 Å². The monoisotopic (exact) mass is 421 g/mol. The van der Waals surface area contributed by atoms with Gasteiger partial charge in [-0.1, -0.05) is 25.0 Å². The highest BCUT2D eigenvalue weighted by Crippen LogP contribution is 2.31. The second kappa shape index (κ2) is 9.86. The van der Waals surface area contributed by atoms with Crippen LogP contribution in [0.15, 0.2) is 29.3 Å². The molecule has 6 heteroatoms. The summed E-state index contributed by atoms with van der Waals surface area (Å²) in [6, 6.07) is 6.45. The summed E-state index contributed by atoms with van der Waals surface area (Å²) in [6.07, 6.45) is 3.94. The van der Waals surface area contributed by atoms with Gasteiger partial charge in [0.2, 0.25) is 0 Å². The average molecular weight is 421 g/mol. The number of ether oxygens (including phenoxy) is 1. The van der Waals surface area contributed by atoms with Crippen molar-refractivity contribution in [3.8, 4) is 5.75 Å². The van der Waals surface area contributed by atoms with Gasteiger partial charge in [-0.05, 0) is 24.5 Å². The number of likely N-dealkylation sites (N-methyl/N-ethyl adjacent to an activating group) is 1. The summed E-state index contributed by atoms with van der Waals surface area (Å²) < 4.78 is 18.9. The molecule has 4 nitrogen and oxygen atoms in total.